The SMILES string of the molecule is C[C@@H](SC1COC(c2ccc(C(=O)Nc3ccc(CC#N)cc3)cc2)OC1)[C@](O)(Cn1cncn1)c1ccc(F)cc1F. The highest BCUT2D eigenvalue weighted by Crippen LogP contribution is 2.39. The summed E-state index contributed by atoms with van der Waals surface area (Å²) in [5, 5.41) is 26.7. The number of carbonyl (C=O) groups is 1. The highest BCUT2D eigenvalue weighted by molar-refractivity contribution is 8.00. The zero-order chi connectivity index (χ0) is 30.4. The van der Waals surface area contributed by atoms with Gasteiger partial charge in [-0.3, -0.25) is 4.79 Å². The van der Waals surface area contributed by atoms with Crippen LogP contribution < -0.4 is 5.32 Å². The summed E-state index contributed by atoms with van der Waals surface area (Å²) in [6, 6.07) is 19.2. The number of hydrogen-bond acceptors (Lipinski definition) is 8. The Morgan fingerprint density at radius 3 is 2.51 bits per heavy atom. The monoisotopic (exact) mass is 605 g/mol. The molecule has 2 atom stereocenters. The number of amides is 1. The molecule has 1 fully saturated rings. The third-order valence-corrected chi connectivity index (χ3v) is 8.60. The lowest BCUT2D eigenvalue weighted by molar-refractivity contribution is -0.180. The fourth-order valence-electron chi connectivity index (χ4n) is 4.78. The van der Waals surface area contributed by atoms with Gasteiger partial charge < -0.3 is 19.9 Å². The maximum Gasteiger partial charge on any atom is 0.255 e. The molecule has 9 nitrogen and oxygen atoms in total. The first-order chi connectivity index (χ1) is 20.7. The number of carbonyl (C=O) groups excluding carboxylic acids is 1. The Hall–Kier alpha value is -4.15. The van der Waals surface area contributed by atoms with Crippen molar-refractivity contribution in [1.29, 1.82) is 5.26 Å². The van der Waals surface area contributed by atoms with Gasteiger partial charge in [-0.2, -0.15) is 10.4 Å². The molecule has 1 aliphatic heterocycles. The fourth-order valence-corrected chi connectivity index (χ4v) is 6.10. The average molecular weight is 606 g/mol. The number of hydrogen-bond donors (Lipinski definition) is 2. The molecule has 2 N–H and O–H groups in total. The molecule has 1 amide bonds. The van der Waals surface area contributed by atoms with Crippen molar-refractivity contribution in [3.63, 3.8) is 0 Å². The van der Waals surface area contributed by atoms with Gasteiger partial charge in [-0.15, -0.1) is 11.8 Å². The Morgan fingerprint density at radius 1 is 1.16 bits per heavy atom. The second-order valence-corrected chi connectivity index (χ2v) is 11.8. The van der Waals surface area contributed by atoms with Crippen LogP contribution in [0.3, 0.4) is 0 Å². The number of ether oxygens (including phenoxy) is 2. The normalized spacial score (nSPS) is 18.8. The molecule has 222 valence electrons. The van der Waals surface area contributed by atoms with Crippen LogP contribution in [0, 0.1) is 23.0 Å². The highest BCUT2D eigenvalue weighted by atomic mass is 32.2. The minimum absolute atomic E-state index is 0.0416. The van der Waals surface area contributed by atoms with E-state index in [1.165, 1.54) is 35.2 Å². The molecule has 0 unspecified atom stereocenters. The van der Waals surface area contributed by atoms with E-state index in [2.05, 4.69) is 21.5 Å². The van der Waals surface area contributed by atoms with Crippen LogP contribution in [0.25, 0.3) is 0 Å². The quantitative estimate of drug-likeness (QED) is 0.259. The summed E-state index contributed by atoms with van der Waals surface area (Å²) in [5.41, 5.74) is 0.925. The van der Waals surface area contributed by atoms with Gasteiger partial charge in [0.25, 0.3) is 5.91 Å². The van der Waals surface area contributed by atoms with E-state index < -0.39 is 28.8 Å². The molecule has 5 rings (SSSR count). The zero-order valence-electron chi connectivity index (χ0n) is 23.2. The van der Waals surface area contributed by atoms with Crippen LogP contribution >= 0.6 is 11.8 Å². The second kappa shape index (κ2) is 13.4. The van der Waals surface area contributed by atoms with Gasteiger partial charge in [-0.1, -0.05) is 37.3 Å². The Kier molecular flexibility index (Phi) is 9.47. The summed E-state index contributed by atoms with van der Waals surface area (Å²) in [5.74, 6) is -1.86. The van der Waals surface area contributed by atoms with Crippen molar-refractivity contribution in [2.45, 2.75) is 42.3 Å². The first-order valence-electron chi connectivity index (χ1n) is 13.5. The topological polar surface area (TPSA) is 122 Å². The van der Waals surface area contributed by atoms with E-state index >= 15 is 0 Å². The summed E-state index contributed by atoms with van der Waals surface area (Å²) >= 11 is 1.37. The Balaban J connectivity index is 1.18. The van der Waals surface area contributed by atoms with Gasteiger partial charge in [-0.05, 0) is 35.9 Å². The van der Waals surface area contributed by atoms with Gasteiger partial charge in [-0.25, -0.2) is 18.4 Å². The third kappa shape index (κ3) is 7.26. The van der Waals surface area contributed by atoms with Gasteiger partial charge >= 0.3 is 0 Å². The van der Waals surface area contributed by atoms with Crippen molar-refractivity contribution < 1.29 is 28.2 Å². The van der Waals surface area contributed by atoms with Crippen molar-refractivity contribution >= 4 is 23.4 Å². The van der Waals surface area contributed by atoms with E-state index in [1.54, 1.807) is 55.5 Å². The number of nitrogens with zero attached hydrogens (tertiary/aromatic N) is 4. The lowest BCUT2D eigenvalue weighted by Crippen LogP contribution is -2.43. The number of nitrogens with one attached hydrogen (secondary N) is 1. The summed E-state index contributed by atoms with van der Waals surface area (Å²) in [6.45, 7) is 2.28. The molecule has 1 saturated heterocycles. The molecule has 43 heavy (non-hydrogen) atoms. The summed E-state index contributed by atoms with van der Waals surface area (Å²) < 4.78 is 41.8. The van der Waals surface area contributed by atoms with Crippen LogP contribution in [-0.2, 0) is 28.0 Å². The van der Waals surface area contributed by atoms with Crippen LogP contribution in [0.5, 0.6) is 0 Å². The van der Waals surface area contributed by atoms with Crippen LogP contribution in [-0.4, -0.2) is 49.5 Å². The van der Waals surface area contributed by atoms with Gasteiger partial charge in [0.2, 0.25) is 0 Å². The second-order valence-electron chi connectivity index (χ2n) is 10.1. The van der Waals surface area contributed by atoms with Crippen molar-refractivity contribution in [1.82, 2.24) is 14.8 Å². The molecule has 0 spiro atoms. The molecular weight excluding hydrogens is 576 g/mol. The minimum Gasteiger partial charge on any atom is -0.382 e. The predicted octanol–water partition coefficient (Wildman–Crippen LogP) is 5.00. The van der Waals surface area contributed by atoms with E-state index in [0.717, 1.165) is 23.3 Å². The number of nitriles is 1. The van der Waals surface area contributed by atoms with Crippen LogP contribution in [0.2, 0.25) is 0 Å². The zero-order valence-corrected chi connectivity index (χ0v) is 24.0. The van der Waals surface area contributed by atoms with Gasteiger partial charge in [0.05, 0.1) is 37.5 Å². The molecule has 2 heterocycles. The highest BCUT2D eigenvalue weighted by Gasteiger charge is 2.41. The molecule has 3 aromatic carbocycles. The van der Waals surface area contributed by atoms with Crippen molar-refractivity contribution in [2.75, 3.05) is 18.5 Å². The molecule has 0 saturated carbocycles. The van der Waals surface area contributed by atoms with Gasteiger partial charge in [0.15, 0.2) is 6.29 Å². The van der Waals surface area contributed by atoms with E-state index in [1.807, 2.05) is 0 Å². The number of halogens is 2. The van der Waals surface area contributed by atoms with Crippen LogP contribution in [0.15, 0.2) is 79.4 Å². The van der Waals surface area contributed by atoms with Crippen LogP contribution in [0.1, 0.15) is 40.3 Å². The first-order valence-corrected chi connectivity index (χ1v) is 14.5. The largest absolute Gasteiger partial charge is 0.382 e. The minimum atomic E-state index is -1.73. The van der Waals surface area contributed by atoms with E-state index in [9.17, 15) is 18.7 Å². The Bertz CT molecular complexity index is 1570. The molecule has 4 aromatic rings. The lowest BCUT2D eigenvalue weighted by atomic mass is 9.90. The van der Waals surface area contributed by atoms with Crippen molar-refractivity contribution in [2.24, 2.45) is 0 Å². The van der Waals surface area contributed by atoms with E-state index in [-0.39, 0.29) is 23.3 Å². The third-order valence-electron chi connectivity index (χ3n) is 7.14. The first kappa shape index (κ1) is 30.3. The molecular formula is C31H29F2N5O4S. The Morgan fingerprint density at radius 2 is 1.88 bits per heavy atom. The number of thioether (sulfide) groups is 1. The van der Waals surface area contributed by atoms with Crippen molar-refractivity contribution in [3.8, 4) is 6.07 Å². The smallest absolute Gasteiger partial charge is 0.255 e. The standard InChI is InChI=1S/C31H29F2N5O4S/c1-20(31(40,17-38-19-35-18-36-38)27-11-8-24(32)14-28(27)33)43-26-15-41-30(42-16-26)23-6-4-22(5-7-23)29(39)37-25-9-2-21(3-10-25)12-13-34/h2-11,14,18-20,26,30,40H,12,15-17H2,1H3,(H,37,39)/t20-,26?,30?,31-/m1/s1. The molecule has 0 bridgehead atoms. The molecule has 1 aromatic heterocycles. The maximum atomic E-state index is 14.8. The molecule has 1 aliphatic rings. The number of aliphatic hydroxyl groups is 1. The summed E-state index contributed by atoms with van der Waals surface area (Å²) in [4.78, 5) is 16.6. The number of rotatable bonds is 10. The number of aromatic nitrogens is 3. The fraction of sp³-hybridized carbons (Fsp3) is 0.290. The Labute approximate surface area is 251 Å². The van der Waals surface area contributed by atoms with E-state index in [4.69, 9.17) is 14.7 Å². The van der Waals surface area contributed by atoms with Crippen LogP contribution in [0.4, 0.5) is 14.5 Å². The molecule has 0 radical (unpaired) electrons. The van der Waals surface area contributed by atoms with E-state index in [0.29, 0.717) is 30.9 Å². The predicted molar refractivity (Wildman–Crippen MR) is 156 cm³/mol. The van der Waals surface area contributed by atoms with Crippen molar-refractivity contribution in [3.05, 3.63) is 113 Å². The average Bonchev–Trinajstić information content (AvgIpc) is 3.51. The number of anilines is 1. The molecule has 12 heteroatoms. The lowest BCUT2D eigenvalue weighted by Gasteiger charge is -2.37. The molecule has 0 aliphatic carbocycles. The number of benzene rings is 3. The maximum absolute atomic E-state index is 14.8. The summed E-state index contributed by atoms with van der Waals surface area (Å²) in [7, 11) is 0. The van der Waals surface area contributed by atoms with Gasteiger partial charge in [0, 0.05) is 33.7 Å². The summed E-state index contributed by atoms with van der Waals surface area (Å²) in [6.07, 6.45) is 2.41. The van der Waals surface area contributed by atoms with Gasteiger partial charge in [0.1, 0.15) is 29.9 Å².